The number of halogens is 4. The Balaban J connectivity index is 0.00000420. The van der Waals surface area contributed by atoms with Crippen molar-refractivity contribution in [2.45, 2.75) is 57.9 Å². The lowest BCUT2D eigenvalue weighted by Crippen LogP contribution is -2.45. The van der Waals surface area contributed by atoms with Gasteiger partial charge in [-0.2, -0.15) is 17.5 Å². The molecule has 11 heteroatoms. The van der Waals surface area contributed by atoms with Crippen LogP contribution in [0.1, 0.15) is 52.4 Å². The topological polar surface area (TPSA) is 73.8 Å². The minimum absolute atomic E-state index is 0. The smallest absolute Gasteiger partial charge is 0.357 e. The van der Waals surface area contributed by atoms with Crippen LogP contribution in [0.2, 0.25) is 0 Å². The largest absolute Gasteiger partial charge is 0.511 e. The summed E-state index contributed by atoms with van der Waals surface area (Å²) in [7, 11) is -5.22. The van der Waals surface area contributed by atoms with Crippen molar-refractivity contribution in [1.29, 1.82) is 0 Å². The van der Waals surface area contributed by atoms with Crippen molar-refractivity contribution in [1.82, 2.24) is 14.9 Å². The Labute approximate surface area is 189 Å². The molecule has 6 nitrogen and oxygen atoms in total. The van der Waals surface area contributed by atoms with E-state index < -0.39 is 15.5 Å². The molecule has 2 unspecified atom stereocenters. The molecule has 29 heavy (non-hydrogen) atoms. The van der Waals surface area contributed by atoms with Crippen molar-refractivity contribution in [3.05, 3.63) is 0 Å². The van der Waals surface area contributed by atoms with Gasteiger partial charge in [-0.25, -0.2) is 8.42 Å². The van der Waals surface area contributed by atoms with Gasteiger partial charge >= 0.3 is 15.5 Å². The highest BCUT2D eigenvalue weighted by Gasteiger charge is 2.50. The number of nitrogens with one attached hydrogen (secondary N) is 2. The summed E-state index contributed by atoms with van der Waals surface area (Å²) in [5, 5.41) is 6.61. The maximum absolute atomic E-state index is 12.7. The second-order valence-electron chi connectivity index (χ2n) is 7.92. The monoisotopic (exact) mass is 554 g/mol. The highest BCUT2D eigenvalue weighted by Crippen LogP contribution is 2.30. The van der Waals surface area contributed by atoms with E-state index >= 15 is 0 Å². The number of hydrogen-bond donors (Lipinski definition) is 2. The molecule has 2 atom stereocenters. The average Bonchev–Trinajstić information content (AvgIpc) is 2.64. The molecule has 0 aromatic carbocycles. The van der Waals surface area contributed by atoms with E-state index in [2.05, 4.69) is 22.5 Å². The summed E-state index contributed by atoms with van der Waals surface area (Å²) in [5.74, 6) is 2.15. The number of guanidine groups is 1. The van der Waals surface area contributed by atoms with Gasteiger partial charge in [0.2, 0.25) is 0 Å². The zero-order valence-electron chi connectivity index (χ0n) is 17.2. The Morgan fingerprint density at radius 3 is 2.28 bits per heavy atom. The predicted molar refractivity (Wildman–Crippen MR) is 120 cm³/mol. The normalized spacial score (nSPS) is 25.3. The summed E-state index contributed by atoms with van der Waals surface area (Å²) >= 11 is 0. The predicted octanol–water partition coefficient (Wildman–Crippen LogP) is 3.55. The fourth-order valence-corrected chi connectivity index (χ4v) is 4.95. The molecule has 0 aromatic heterocycles. The van der Waals surface area contributed by atoms with Crippen molar-refractivity contribution < 1.29 is 21.6 Å². The molecule has 2 fully saturated rings. The number of alkyl halides is 3. The van der Waals surface area contributed by atoms with Gasteiger partial charge in [0, 0.05) is 32.7 Å². The van der Waals surface area contributed by atoms with Crippen molar-refractivity contribution >= 4 is 40.0 Å². The van der Waals surface area contributed by atoms with Crippen LogP contribution in [0, 0.1) is 17.8 Å². The zero-order chi connectivity index (χ0) is 20.8. The molecular formula is C18H34F3IN4O2S. The highest BCUT2D eigenvalue weighted by atomic mass is 127. The van der Waals surface area contributed by atoms with E-state index in [-0.39, 0.29) is 43.0 Å². The van der Waals surface area contributed by atoms with Crippen LogP contribution >= 0.6 is 24.0 Å². The zero-order valence-corrected chi connectivity index (χ0v) is 20.3. The van der Waals surface area contributed by atoms with Crippen LogP contribution in [0.4, 0.5) is 13.2 Å². The Hall–Kier alpha value is -0.300. The molecule has 0 spiro atoms. The standard InChI is InChI=1S/C18H33F3N4O2S.HI/c1-3-22-17(24-13-16-7-5-4-6-14(16)2)23-12-15-8-10-25(11-9-15)28(26,27)18(19,20)21;/h14-16H,3-13H2,1-2H3,(H2,22,23,24);1H. The number of nitrogens with zero attached hydrogens (tertiary/aromatic N) is 2. The Bertz CT molecular complexity index is 623. The fourth-order valence-electron chi connectivity index (χ4n) is 3.96. The first-order chi connectivity index (χ1) is 13.1. The van der Waals surface area contributed by atoms with Gasteiger partial charge in [-0.05, 0) is 43.9 Å². The minimum Gasteiger partial charge on any atom is -0.357 e. The molecule has 2 rings (SSSR count). The van der Waals surface area contributed by atoms with Crippen molar-refractivity contribution in [3.8, 4) is 0 Å². The quantitative estimate of drug-likeness (QED) is 0.300. The molecular weight excluding hydrogens is 520 g/mol. The number of aliphatic imine (C=N–C) groups is 1. The van der Waals surface area contributed by atoms with Gasteiger partial charge in [0.05, 0.1) is 0 Å². The maximum Gasteiger partial charge on any atom is 0.511 e. The van der Waals surface area contributed by atoms with E-state index in [4.69, 9.17) is 0 Å². The second kappa shape index (κ2) is 11.9. The molecule has 0 amide bonds. The Morgan fingerprint density at radius 2 is 1.72 bits per heavy atom. The number of rotatable bonds is 6. The Morgan fingerprint density at radius 1 is 1.10 bits per heavy atom. The van der Waals surface area contributed by atoms with Crippen LogP contribution < -0.4 is 10.6 Å². The van der Waals surface area contributed by atoms with Crippen molar-refractivity contribution in [2.75, 3.05) is 32.7 Å². The van der Waals surface area contributed by atoms with Crippen molar-refractivity contribution in [2.24, 2.45) is 22.7 Å². The van der Waals surface area contributed by atoms with Gasteiger partial charge in [-0.3, -0.25) is 4.99 Å². The van der Waals surface area contributed by atoms with Gasteiger partial charge in [-0.1, -0.05) is 26.2 Å². The lowest BCUT2D eigenvalue weighted by atomic mass is 9.80. The van der Waals surface area contributed by atoms with Gasteiger partial charge in [0.25, 0.3) is 0 Å². The van der Waals surface area contributed by atoms with Crippen LogP contribution in [0.5, 0.6) is 0 Å². The van der Waals surface area contributed by atoms with Gasteiger partial charge in [-0.15, -0.1) is 24.0 Å². The molecule has 1 heterocycles. The fraction of sp³-hybridized carbons (Fsp3) is 0.944. The van der Waals surface area contributed by atoms with Crippen LogP contribution in [0.25, 0.3) is 0 Å². The minimum atomic E-state index is -5.23. The summed E-state index contributed by atoms with van der Waals surface area (Å²) < 4.78 is 61.5. The summed E-state index contributed by atoms with van der Waals surface area (Å²) in [6.45, 7) is 6.15. The summed E-state index contributed by atoms with van der Waals surface area (Å²) in [6.07, 6.45) is 5.83. The first-order valence-electron chi connectivity index (χ1n) is 10.2. The first-order valence-corrected chi connectivity index (χ1v) is 11.7. The number of sulfonamides is 1. The third kappa shape index (κ3) is 7.71. The number of hydrogen-bond acceptors (Lipinski definition) is 3. The van der Waals surface area contributed by atoms with E-state index in [1.54, 1.807) is 0 Å². The highest BCUT2D eigenvalue weighted by molar-refractivity contribution is 14.0. The van der Waals surface area contributed by atoms with Crippen LogP contribution in [0.15, 0.2) is 4.99 Å². The molecule has 0 radical (unpaired) electrons. The van der Waals surface area contributed by atoms with E-state index in [1.165, 1.54) is 25.7 Å². The Kier molecular flexibility index (Phi) is 11.0. The van der Waals surface area contributed by atoms with Crippen molar-refractivity contribution in [3.63, 3.8) is 0 Å². The maximum atomic E-state index is 12.7. The van der Waals surface area contributed by atoms with Crippen LogP contribution in [-0.4, -0.2) is 56.9 Å². The van der Waals surface area contributed by atoms with Gasteiger partial charge in [0.1, 0.15) is 0 Å². The van der Waals surface area contributed by atoms with E-state index in [0.29, 0.717) is 35.5 Å². The third-order valence-corrected chi connectivity index (χ3v) is 7.51. The lowest BCUT2D eigenvalue weighted by molar-refractivity contribution is -0.0496. The third-order valence-electron chi connectivity index (χ3n) is 5.88. The second-order valence-corrected chi connectivity index (χ2v) is 9.84. The van der Waals surface area contributed by atoms with Crippen LogP contribution in [0.3, 0.4) is 0 Å². The molecule has 2 N–H and O–H groups in total. The van der Waals surface area contributed by atoms with Crippen LogP contribution in [-0.2, 0) is 10.0 Å². The molecule has 0 bridgehead atoms. The van der Waals surface area contributed by atoms with Gasteiger partial charge in [0.15, 0.2) is 5.96 Å². The van der Waals surface area contributed by atoms with E-state index in [0.717, 1.165) is 19.0 Å². The average molecular weight is 554 g/mol. The molecule has 172 valence electrons. The molecule has 1 aliphatic heterocycles. The lowest BCUT2D eigenvalue weighted by Gasteiger charge is -2.31. The molecule has 1 aliphatic carbocycles. The molecule has 2 aliphatic rings. The molecule has 1 saturated carbocycles. The molecule has 1 saturated heterocycles. The summed E-state index contributed by atoms with van der Waals surface area (Å²) in [6, 6.07) is 0. The number of piperidine rings is 1. The van der Waals surface area contributed by atoms with E-state index in [1.807, 2.05) is 6.92 Å². The van der Waals surface area contributed by atoms with Gasteiger partial charge < -0.3 is 10.6 Å². The summed E-state index contributed by atoms with van der Waals surface area (Å²) in [4.78, 5) is 4.59. The SMILES string of the molecule is CCNC(=NCC1CCN(S(=O)(=O)C(F)(F)F)CC1)NCC1CCCCC1C.I. The van der Waals surface area contributed by atoms with E-state index in [9.17, 15) is 21.6 Å². The summed E-state index contributed by atoms with van der Waals surface area (Å²) in [5.41, 5.74) is -5.23. The first kappa shape index (κ1) is 26.7. The molecule has 0 aromatic rings.